The summed E-state index contributed by atoms with van der Waals surface area (Å²) in [6, 6.07) is 3.40. The Kier molecular flexibility index (Phi) is 6.90. The molecule has 2 aliphatic heterocycles. The molecule has 38 heavy (non-hydrogen) atoms. The third-order valence-corrected chi connectivity index (χ3v) is 8.64. The van der Waals surface area contributed by atoms with Crippen LogP contribution in [0.3, 0.4) is 0 Å². The zero-order valence-corrected chi connectivity index (χ0v) is 21.8. The maximum absolute atomic E-state index is 12.8. The van der Waals surface area contributed by atoms with E-state index in [0.717, 1.165) is 30.3 Å². The summed E-state index contributed by atoms with van der Waals surface area (Å²) in [4.78, 5) is 27.1. The number of rotatable bonds is 5. The number of alkyl halides is 3. The first-order valence-corrected chi connectivity index (χ1v) is 12.9. The van der Waals surface area contributed by atoms with Gasteiger partial charge in [0.1, 0.15) is 23.1 Å². The second-order valence-corrected chi connectivity index (χ2v) is 10.7. The topological polar surface area (TPSA) is 138 Å². The molecule has 0 saturated carbocycles. The lowest BCUT2D eigenvalue weighted by Crippen LogP contribution is -2.45. The molecule has 0 radical (unpaired) electrons. The summed E-state index contributed by atoms with van der Waals surface area (Å²) in [7, 11) is 0. The van der Waals surface area contributed by atoms with E-state index in [4.69, 9.17) is 23.1 Å². The Morgan fingerprint density at radius 2 is 2.00 bits per heavy atom. The number of nitrogen functional groups attached to an aromatic ring is 1. The van der Waals surface area contributed by atoms with E-state index in [9.17, 15) is 18.0 Å². The van der Waals surface area contributed by atoms with Crippen LogP contribution in [0.4, 0.5) is 24.8 Å². The second-order valence-electron chi connectivity index (χ2n) is 9.31. The van der Waals surface area contributed by atoms with Gasteiger partial charge >= 0.3 is 12.1 Å². The molecule has 3 aromatic rings. The predicted octanol–water partition coefficient (Wildman–Crippen LogP) is 3.67. The van der Waals surface area contributed by atoms with Crippen LogP contribution < -0.4 is 16.4 Å². The number of esters is 1. The fourth-order valence-electron chi connectivity index (χ4n) is 4.89. The number of hydrogen-bond acceptors (Lipinski definition) is 10. The first-order valence-electron chi connectivity index (χ1n) is 11.7. The Labute approximate surface area is 224 Å². The standard InChI is InChI=1S/C23H24ClF3N8O2S/c1-12-20(38-15-3-6-30-18(29)16(15)24)33-13(10-37-21(36)23(25,26)27)19(32-12)34-8-4-22(5-9-34)11-35-14(17(22)28)2-7-31-35/h2-3,6-7,17H,4-5,8-11,28H2,1H3,(H2,29,30)/t17-/m1/s1. The van der Waals surface area contributed by atoms with E-state index in [2.05, 4.69) is 24.8 Å². The van der Waals surface area contributed by atoms with Gasteiger partial charge in [-0.3, -0.25) is 4.68 Å². The van der Waals surface area contributed by atoms with Gasteiger partial charge in [0.25, 0.3) is 0 Å². The Morgan fingerprint density at radius 1 is 1.26 bits per heavy atom. The molecule has 0 aliphatic carbocycles. The van der Waals surface area contributed by atoms with E-state index in [-0.39, 0.29) is 28.0 Å². The van der Waals surface area contributed by atoms with Crippen molar-refractivity contribution in [2.45, 2.75) is 55.1 Å². The van der Waals surface area contributed by atoms with E-state index in [1.807, 2.05) is 15.6 Å². The molecule has 5 heterocycles. The number of carbonyl (C=O) groups is 1. The van der Waals surface area contributed by atoms with Gasteiger partial charge in [-0.25, -0.2) is 19.7 Å². The minimum atomic E-state index is -5.13. The first kappa shape index (κ1) is 26.5. The number of anilines is 2. The van der Waals surface area contributed by atoms with Gasteiger partial charge in [-0.05, 0) is 31.9 Å². The Hall–Kier alpha value is -3.10. The Morgan fingerprint density at radius 3 is 2.68 bits per heavy atom. The number of nitrogens with two attached hydrogens (primary N) is 2. The molecular weight excluding hydrogens is 545 g/mol. The number of aryl methyl sites for hydroxylation is 1. The van der Waals surface area contributed by atoms with Crippen LogP contribution >= 0.6 is 23.4 Å². The van der Waals surface area contributed by atoms with Crippen molar-refractivity contribution < 1.29 is 22.7 Å². The summed E-state index contributed by atoms with van der Waals surface area (Å²) >= 11 is 7.40. The average molecular weight is 569 g/mol. The lowest BCUT2D eigenvalue weighted by molar-refractivity contribution is -0.201. The van der Waals surface area contributed by atoms with E-state index < -0.39 is 18.8 Å². The third kappa shape index (κ3) is 4.87. The van der Waals surface area contributed by atoms with E-state index in [1.54, 1.807) is 19.2 Å². The SMILES string of the molecule is Cc1nc(N2CCC3(CC2)Cn2nccc2[C@H]3N)c(COC(=O)C(F)(F)F)nc1Sc1ccnc(N)c1Cl. The molecule has 0 bridgehead atoms. The molecule has 4 N–H and O–H groups in total. The molecule has 5 rings (SSSR count). The van der Waals surface area contributed by atoms with Crippen LogP contribution in [0.15, 0.2) is 34.4 Å². The molecule has 0 amide bonds. The molecule has 1 fully saturated rings. The van der Waals surface area contributed by atoms with Crippen LogP contribution in [0, 0.1) is 12.3 Å². The largest absolute Gasteiger partial charge is 0.490 e. The van der Waals surface area contributed by atoms with Crippen LogP contribution in [0.5, 0.6) is 0 Å². The highest BCUT2D eigenvalue weighted by molar-refractivity contribution is 7.99. The molecule has 0 aromatic carbocycles. The molecule has 15 heteroatoms. The van der Waals surface area contributed by atoms with Gasteiger partial charge in [-0.1, -0.05) is 23.4 Å². The highest BCUT2D eigenvalue weighted by Crippen LogP contribution is 2.48. The summed E-state index contributed by atoms with van der Waals surface area (Å²) in [6.45, 7) is 2.84. The Bertz CT molecular complexity index is 1380. The maximum atomic E-state index is 12.8. The molecule has 1 spiro atoms. The number of ether oxygens (including phenoxy) is 1. The smallest absolute Gasteiger partial charge is 0.452 e. The van der Waals surface area contributed by atoms with E-state index in [0.29, 0.717) is 41.1 Å². The summed E-state index contributed by atoms with van der Waals surface area (Å²) in [5.74, 6) is -1.80. The lowest BCUT2D eigenvalue weighted by Gasteiger charge is -2.42. The van der Waals surface area contributed by atoms with Crippen LogP contribution in [0.1, 0.15) is 36.0 Å². The van der Waals surface area contributed by atoms with Crippen molar-refractivity contribution in [3.05, 3.63) is 46.6 Å². The Balaban J connectivity index is 1.41. The summed E-state index contributed by atoms with van der Waals surface area (Å²) in [5, 5.41) is 4.96. The minimum Gasteiger partial charge on any atom is -0.452 e. The second kappa shape index (κ2) is 9.89. The number of piperidine rings is 1. The zero-order chi connectivity index (χ0) is 27.2. The zero-order valence-electron chi connectivity index (χ0n) is 20.2. The normalized spacial score (nSPS) is 18.6. The van der Waals surface area contributed by atoms with Crippen molar-refractivity contribution in [2.24, 2.45) is 11.1 Å². The molecule has 1 atom stereocenters. The van der Waals surface area contributed by atoms with Gasteiger partial charge in [0.05, 0.1) is 22.5 Å². The van der Waals surface area contributed by atoms with Crippen molar-refractivity contribution in [1.82, 2.24) is 24.7 Å². The van der Waals surface area contributed by atoms with Crippen LogP contribution in [0.2, 0.25) is 5.02 Å². The summed E-state index contributed by atoms with van der Waals surface area (Å²) in [6.07, 6.45) is -0.462. The van der Waals surface area contributed by atoms with E-state index >= 15 is 0 Å². The number of nitrogens with zero attached hydrogens (tertiary/aromatic N) is 6. The van der Waals surface area contributed by atoms with Gasteiger partial charge in [0.2, 0.25) is 0 Å². The van der Waals surface area contributed by atoms with Gasteiger partial charge in [0.15, 0.2) is 5.82 Å². The number of aromatic nitrogens is 5. The molecule has 202 valence electrons. The van der Waals surface area contributed by atoms with Gasteiger partial charge in [0, 0.05) is 42.3 Å². The molecular formula is C23H24ClF3N8O2S. The summed E-state index contributed by atoms with van der Waals surface area (Å²) < 4.78 is 45.0. The molecule has 0 unspecified atom stereocenters. The number of carbonyl (C=O) groups excluding carboxylic acids is 1. The third-order valence-electron chi connectivity index (χ3n) is 6.99. The lowest BCUT2D eigenvalue weighted by atomic mass is 9.73. The first-order chi connectivity index (χ1) is 18.0. The maximum Gasteiger partial charge on any atom is 0.490 e. The van der Waals surface area contributed by atoms with Crippen LogP contribution in [-0.2, 0) is 22.7 Å². The van der Waals surface area contributed by atoms with Gasteiger partial charge < -0.3 is 21.1 Å². The van der Waals surface area contributed by atoms with Crippen molar-refractivity contribution in [3.63, 3.8) is 0 Å². The van der Waals surface area contributed by atoms with Gasteiger partial charge in [-0.2, -0.15) is 18.3 Å². The summed E-state index contributed by atoms with van der Waals surface area (Å²) in [5.41, 5.74) is 13.8. The van der Waals surface area contributed by atoms with Crippen molar-refractivity contribution in [1.29, 1.82) is 0 Å². The quantitative estimate of drug-likeness (QED) is 0.438. The fraction of sp³-hybridized carbons (Fsp3) is 0.435. The predicted molar refractivity (Wildman–Crippen MR) is 133 cm³/mol. The number of hydrogen-bond donors (Lipinski definition) is 2. The van der Waals surface area contributed by atoms with Crippen LogP contribution in [-0.4, -0.2) is 50.0 Å². The monoisotopic (exact) mass is 568 g/mol. The van der Waals surface area contributed by atoms with Gasteiger partial charge in [-0.15, -0.1) is 0 Å². The molecule has 10 nitrogen and oxygen atoms in total. The van der Waals surface area contributed by atoms with Crippen molar-refractivity contribution in [3.8, 4) is 0 Å². The molecule has 2 aliphatic rings. The number of halogens is 4. The molecule has 1 saturated heterocycles. The highest BCUT2D eigenvalue weighted by atomic mass is 35.5. The van der Waals surface area contributed by atoms with Crippen molar-refractivity contribution in [2.75, 3.05) is 23.7 Å². The number of pyridine rings is 1. The number of fused-ring (bicyclic) bond motifs is 1. The van der Waals surface area contributed by atoms with Crippen molar-refractivity contribution >= 4 is 41.0 Å². The molecule has 3 aromatic heterocycles. The fourth-order valence-corrected chi connectivity index (χ4v) is 6.00. The van der Waals surface area contributed by atoms with E-state index in [1.165, 1.54) is 6.20 Å². The average Bonchev–Trinajstić information content (AvgIpc) is 3.42. The highest BCUT2D eigenvalue weighted by Gasteiger charge is 2.47. The van der Waals surface area contributed by atoms with Crippen LogP contribution in [0.25, 0.3) is 0 Å². The minimum absolute atomic E-state index is 0.105.